The van der Waals surface area contributed by atoms with Crippen LogP contribution in [0.4, 0.5) is 0 Å². The van der Waals surface area contributed by atoms with Gasteiger partial charge in [0.1, 0.15) is 0 Å². The van der Waals surface area contributed by atoms with Gasteiger partial charge >= 0.3 is 5.97 Å². The number of carbonyl (C=O) groups is 1. The second kappa shape index (κ2) is 5.63. The second-order valence-electron chi connectivity index (χ2n) is 3.37. The predicted octanol–water partition coefficient (Wildman–Crippen LogP) is 1.61. The Balaban J connectivity index is 3.56. The number of hydrogen-bond acceptors (Lipinski definition) is 2. The first-order valence-electron chi connectivity index (χ1n) is 4.18. The van der Waals surface area contributed by atoms with Crippen LogP contribution in [0.3, 0.4) is 0 Å². The molecule has 0 aromatic carbocycles. The summed E-state index contributed by atoms with van der Waals surface area (Å²) in [6, 6.07) is 0.334. The van der Waals surface area contributed by atoms with E-state index in [1.165, 1.54) is 6.20 Å². The monoisotopic (exact) mass is 171 g/mol. The zero-order valence-corrected chi connectivity index (χ0v) is 7.87. The molecule has 0 saturated carbocycles. The van der Waals surface area contributed by atoms with E-state index in [1.54, 1.807) is 0 Å². The van der Waals surface area contributed by atoms with Gasteiger partial charge in [0.25, 0.3) is 0 Å². The fourth-order valence-electron chi connectivity index (χ4n) is 1.06. The van der Waals surface area contributed by atoms with E-state index in [9.17, 15) is 4.79 Å². The smallest absolute Gasteiger partial charge is 0.329 e. The van der Waals surface area contributed by atoms with Crippen molar-refractivity contribution in [2.45, 2.75) is 33.2 Å². The summed E-state index contributed by atoms with van der Waals surface area (Å²) in [6.07, 6.45) is 3.64. The van der Waals surface area contributed by atoms with Crippen molar-refractivity contribution in [3.8, 4) is 0 Å². The van der Waals surface area contributed by atoms with Crippen molar-refractivity contribution < 1.29 is 9.90 Å². The van der Waals surface area contributed by atoms with Crippen LogP contribution in [0.25, 0.3) is 0 Å². The molecule has 0 aromatic heterocycles. The van der Waals surface area contributed by atoms with Gasteiger partial charge in [-0.2, -0.15) is 0 Å². The largest absolute Gasteiger partial charge is 0.478 e. The third-order valence-electron chi connectivity index (χ3n) is 1.43. The number of carboxylic acid groups (broad SMARTS) is 1. The SMILES string of the molecule is CC(C)CC(C)N/C=C/C(=O)O. The highest BCUT2D eigenvalue weighted by atomic mass is 16.4. The highest BCUT2D eigenvalue weighted by Gasteiger charge is 2.01. The molecule has 2 N–H and O–H groups in total. The maximum atomic E-state index is 10.1. The maximum Gasteiger partial charge on any atom is 0.329 e. The fourth-order valence-corrected chi connectivity index (χ4v) is 1.06. The zero-order valence-electron chi connectivity index (χ0n) is 7.87. The first kappa shape index (κ1) is 11.0. The molecule has 0 fully saturated rings. The van der Waals surface area contributed by atoms with Gasteiger partial charge in [-0.05, 0) is 19.3 Å². The van der Waals surface area contributed by atoms with Gasteiger partial charge in [0, 0.05) is 18.3 Å². The molecular weight excluding hydrogens is 154 g/mol. The normalized spacial score (nSPS) is 13.7. The molecule has 0 bridgehead atoms. The Labute approximate surface area is 73.5 Å². The zero-order chi connectivity index (χ0) is 9.56. The van der Waals surface area contributed by atoms with Crippen LogP contribution < -0.4 is 5.32 Å². The van der Waals surface area contributed by atoms with E-state index in [2.05, 4.69) is 19.2 Å². The van der Waals surface area contributed by atoms with Gasteiger partial charge in [-0.15, -0.1) is 0 Å². The molecule has 0 saturated heterocycles. The van der Waals surface area contributed by atoms with Gasteiger partial charge in [-0.25, -0.2) is 4.79 Å². The van der Waals surface area contributed by atoms with Crippen LogP contribution in [0.2, 0.25) is 0 Å². The Bertz CT molecular complexity index is 164. The highest BCUT2D eigenvalue weighted by molar-refractivity contribution is 5.79. The number of carboxylic acids is 1. The summed E-state index contributed by atoms with van der Waals surface area (Å²) in [5.74, 6) is -0.287. The molecule has 0 aromatic rings. The van der Waals surface area contributed by atoms with Crippen molar-refractivity contribution in [1.29, 1.82) is 0 Å². The van der Waals surface area contributed by atoms with E-state index in [4.69, 9.17) is 5.11 Å². The molecule has 12 heavy (non-hydrogen) atoms. The van der Waals surface area contributed by atoms with Gasteiger partial charge in [0.15, 0.2) is 0 Å². The Morgan fingerprint density at radius 1 is 1.50 bits per heavy atom. The molecule has 0 spiro atoms. The summed E-state index contributed by atoms with van der Waals surface area (Å²) in [4.78, 5) is 10.1. The molecule has 70 valence electrons. The van der Waals surface area contributed by atoms with Gasteiger partial charge in [0.2, 0.25) is 0 Å². The molecule has 3 heteroatoms. The van der Waals surface area contributed by atoms with Gasteiger partial charge in [-0.1, -0.05) is 13.8 Å². The molecule has 0 aliphatic rings. The highest BCUT2D eigenvalue weighted by Crippen LogP contribution is 2.03. The first-order chi connectivity index (χ1) is 5.52. The quantitative estimate of drug-likeness (QED) is 0.618. The maximum absolute atomic E-state index is 10.1. The van der Waals surface area contributed by atoms with Crippen molar-refractivity contribution in [2.24, 2.45) is 5.92 Å². The molecule has 1 atom stereocenters. The lowest BCUT2D eigenvalue weighted by atomic mass is 10.1. The molecule has 1 unspecified atom stereocenters. The number of nitrogens with one attached hydrogen (secondary N) is 1. The minimum Gasteiger partial charge on any atom is -0.478 e. The van der Waals surface area contributed by atoms with Crippen LogP contribution in [-0.2, 0) is 4.79 Å². The van der Waals surface area contributed by atoms with E-state index in [0.717, 1.165) is 12.5 Å². The summed E-state index contributed by atoms with van der Waals surface area (Å²) in [6.45, 7) is 6.31. The van der Waals surface area contributed by atoms with E-state index in [-0.39, 0.29) is 0 Å². The van der Waals surface area contributed by atoms with E-state index >= 15 is 0 Å². The number of rotatable bonds is 5. The fraction of sp³-hybridized carbons (Fsp3) is 0.667. The van der Waals surface area contributed by atoms with Crippen LogP contribution in [0, 0.1) is 5.92 Å². The van der Waals surface area contributed by atoms with Gasteiger partial charge in [0.05, 0.1) is 0 Å². The molecule has 0 radical (unpaired) electrons. The van der Waals surface area contributed by atoms with Crippen molar-refractivity contribution in [3.63, 3.8) is 0 Å². The molecule has 0 rings (SSSR count). The van der Waals surface area contributed by atoms with Crippen molar-refractivity contribution in [2.75, 3.05) is 0 Å². The van der Waals surface area contributed by atoms with E-state index < -0.39 is 5.97 Å². The molecule has 0 amide bonds. The molecular formula is C9H17NO2. The Hall–Kier alpha value is -0.990. The van der Waals surface area contributed by atoms with Crippen LogP contribution in [0.15, 0.2) is 12.3 Å². The van der Waals surface area contributed by atoms with Crippen molar-refractivity contribution in [1.82, 2.24) is 5.32 Å². The summed E-state index contributed by atoms with van der Waals surface area (Å²) in [5, 5.41) is 11.3. The molecule has 0 aliphatic carbocycles. The summed E-state index contributed by atoms with van der Waals surface area (Å²) < 4.78 is 0. The standard InChI is InChI=1S/C9H17NO2/c1-7(2)6-8(3)10-5-4-9(11)12/h4-5,7-8,10H,6H2,1-3H3,(H,11,12)/b5-4+. The average molecular weight is 171 g/mol. The second-order valence-corrected chi connectivity index (χ2v) is 3.37. The van der Waals surface area contributed by atoms with Crippen molar-refractivity contribution >= 4 is 5.97 Å². The van der Waals surface area contributed by atoms with Gasteiger partial charge in [-0.3, -0.25) is 0 Å². The molecule has 3 nitrogen and oxygen atoms in total. The molecule has 0 heterocycles. The summed E-state index contributed by atoms with van der Waals surface area (Å²) in [7, 11) is 0. The minimum absolute atomic E-state index is 0.334. The third-order valence-corrected chi connectivity index (χ3v) is 1.43. The van der Waals surface area contributed by atoms with Crippen molar-refractivity contribution in [3.05, 3.63) is 12.3 Å². The summed E-state index contributed by atoms with van der Waals surface area (Å²) in [5.41, 5.74) is 0. The minimum atomic E-state index is -0.917. The third kappa shape index (κ3) is 7.12. The predicted molar refractivity (Wildman–Crippen MR) is 48.8 cm³/mol. The van der Waals surface area contributed by atoms with Crippen LogP contribution in [0.1, 0.15) is 27.2 Å². The topological polar surface area (TPSA) is 49.3 Å². The van der Waals surface area contributed by atoms with E-state index in [0.29, 0.717) is 12.0 Å². The first-order valence-corrected chi connectivity index (χ1v) is 4.18. The average Bonchev–Trinajstić information content (AvgIpc) is 1.84. The van der Waals surface area contributed by atoms with Gasteiger partial charge < -0.3 is 10.4 Å². The lowest BCUT2D eigenvalue weighted by Crippen LogP contribution is -2.22. The van der Waals surface area contributed by atoms with Crippen LogP contribution >= 0.6 is 0 Å². The lowest BCUT2D eigenvalue weighted by molar-refractivity contribution is -0.131. The Kier molecular flexibility index (Phi) is 5.17. The van der Waals surface area contributed by atoms with Crippen LogP contribution in [0.5, 0.6) is 0 Å². The number of aliphatic carboxylic acids is 1. The Morgan fingerprint density at radius 3 is 2.50 bits per heavy atom. The van der Waals surface area contributed by atoms with E-state index in [1.807, 2.05) is 6.92 Å². The molecule has 0 aliphatic heterocycles. The summed E-state index contributed by atoms with van der Waals surface area (Å²) >= 11 is 0. The van der Waals surface area contributed by atoms with Crippen LogP contribution in [-0.4, -0.2) is 17.1 Å². The Morgan fingerprint density at radius 2 is 2.08 bits per heavy atom. The number of hydrogen-bond donors (Lipinski definition) is 2. The lowest BCUT2D eigenvalue weighted by Gasteiger charge is -2.13.